The predicted molar refractivity (Wildman–Crippen MR) is 127 cm³/mol. The summed E-state index contributed by atoms with van der Waals surface area (Å²) in [6.45, 7) is 4.45. The number of amides is 1. The van der Waals surface area contributed by atoms with Crippen LogP contribution < -0.4 is 15.5 Å². The van der Waals surface area contributed by atoms with Crippen LogP contribution >= 0.6 is 0 Å². The fourth-order valence-corrected chi connectivity index (χ4v) is 4.33. The zero-order valence-electron chi connectivity index (χ0n) is 19.2. The number of aromatic nitrogens is 6. The second-order valence-electron chi connectivity index (χ2n) is 8.58. The minimum absolute atomic E-state index is 0.132. The van der Waals surface area contributed by atoms with E-state index in [2.05, 4.69) is 43.1 Å². The zero-order valence-corrected chi connectivity index (χ0v) is 19.2. The van der Waals surface area contributed by atoms with Gasteiger partial charge in [0.25, 0.3) is 5.91 Å². The molecule has 2 aliphatic rings. The molecule has 6 heterocycles. The van der Waals surface area contributed by atoms with E-state index in [1.54, 1.807) is 17.1 Å². The van der Waals surface area contributed by atoms with Crippen molar-refractivity contribution in [1.82, 2.24) is 34.6 Å². The average Bonchev–Trinajstić information content (AvgIpc) is 3.16. The Balaban J connectivity index is 1.42. The van der Waals surface area contributed by atoms with Crippen LogP contribution in [0.4, 0.5) is 0 Å². The van der Waals surface area contributed by atoms with Gasteiger partial charge in [0.1, 0.15) is 28.8 Å². The van der Waals surface area contributed by atoms with Gasteiger partial charge in [0.05, 0.1) is 19.0 Å². The fourth-order valence-electron chi connectivity index (χ4n) is 4.33. The molecule has 0 aliphatic carbocycles. The molecule has 0 atom stereocenters. The van der Waals surface area contributed by atoms with Gasteiger partial charge in [-0.15, -0.1) is 0 Å². The Morgan fingerprint density at radius 2 is 1.91 bits per heavy atom. The standard InChI is InChI=1S/C24H27N7O3/c1-16-14-30-8-4-2-5-9-31-19-13-25-15-28-20(19)22(32)21(29-31)24(33)26-7-3-6-10-34-17-11-18(16)23(30)27-12-17/h11-15H,2-10H2,1H3,(H,26,33). The molecule has 0 fully saturated rings. The van der Waals surface area contributed by atoms with Crippen molar-refractivity contribution in [3.63, 3.8) is 0 Å². The molecule has 1 amide bonds. The van der Waals surface area contributed by atoms with E-state index < -0.39 is 11.3 Å². The minimum Gasteiger partial charge on any atom is -0.492 e. The molecule has 0 aromatic carbocycles. The molecule has 6 rings (SSSR count). The van der Waals surface area contributed by atoms with E-state index >= 15 is 0 Å². The first-order valence-corrected chi connectivity index (χ1v) is 11.7. The van der Waals surface area contributed by atoms with Crippen molar-refractivity contribution in [1.29, 1.82) is 0 Å². The van der Waals surface area contributed by atoms with Gasteiger partial charge in [0.2, 0.25) is 5.43 Å². The van der Waals surface area contributed by atoms with Crippen molar-refractivity contribution >= 4 is 28.0 Å². The first-order valence-electron chi connectivity index (χ1n) is 11.7. The highest BCUT2D eigenvalue weighted by molar-refractivity contribution is 5.94. The van der Waals surface area contributed by atoms with Crippen LogP contribution in [0.25, 0.3) is 22.1 Å². The smallest absolute Gasteiger partial charge is 0.275 e. The van der Waals surface area contributed by atoms with Crippen molar-refractivity contribution in [2.75, 3.05) is 13.2 Å². The van der Waals surface area contributed by atoms with Gasteiger partial charge in [0.15, 0.2) is 5.69 Å². The molecule has 2 aliphatic heterocycles. The van der Waals surface area contributed by atoms with E-state index in [4.69, 9.17) is 4.74 Å². The number of hydrogen-bond acceptors (Lipinski definition) is 7. The molecule has 176 valence electrons. The maximum Gasteiger partial charge on any atom is 0.275 e. The summed E-state index contributed by atoms with van der Waals surface area (Å²) in [7, 11) is 0. The van der Waals surface area contributed by atoms with Crippen LogP contribution in [0.2, 0.25) is 0 Å². The van der Waals surface area contributed by atoms with Crippen LogP contribution in [0.1, 0.15) is 48.2 Å². The van der Waals surface area contributed by atoms with Gasteiger partial charge >= 0.3 is 0 Å². The van der Waals surface area contributed by atoms with Crippen LogP contribution in [0, 0.1) is 6.92 Å². The number of nitrogens with zero attached hydrogens (tertiary/aromatic N) is 6. The van der Waals surface area contributed by atoms with Crippen molar-refractivity contribution in [2.24, 2.45) is 0 Å². The molecule has 0 unspecified atom stereocenters. The van der Waals surface area contributed by atoms with E-state index in [1.807, 2.05) is 6.07 Å². The first-order chi connectivity index (χ1) is 16.6. The number of fused-ring (bicyclic) bond motifs is 12. The lowest BCUT2D eigenvalue weighted by Gasteiger charge is -2.12. The molecule has 0 saturated carbocycles. The fraction of sp³-hybridized carbons (Fsp3) is 0.417. The van der Waals surface area contributed by atoms with E-state index in [-0.39, 0.29) is 11.2 Å². The molecule has 0 saturated heterocycles. The summed E-state index contributed by atoms with van der Waals surface area (Å²) >= 11 is 0. The Hall–Kier alpha value is -3.82. The van der Waals surface area contributed by atoms with Crippen LogP contribution in [0.3, 0.4) is 0 Å². The normalized spacial score (nSPS) is 16.0. The minimum atomic E-state index is -0.484. The van der Waals surface area contributed by atoms with Gasteiger partial charge in [-0.25, -0.2) is 15.0 Å². The Labute approximate surface area is 196 Å². The molecule has 4 aromatic heterocycles. The molecule has 4 aromatic rings. The van der Waals surface area contributed by atoms with E-state index in [9.17, 15) is 9.59 Å². The number of pyridine rings is 1. The second kappa shape index (κ2) is 9.58. The van der Waals surface area contributed by atoms with Crippen molar-refractivity contribution < 1.29 is 9.53 Å². The van der Waals surface area contributed by atoms with E-state index in [1.165, 1.54) is 11.9 Å². The Morgan fingerprint density at radius 3 is 2.82 bits per heavy atom. The summed E-state index contributed by atoms with van der Waals surface area (Å²) in [5.74, 6) is 0.261. The van der Waals surface area contributed by atoms with Crippen molar-refractivity contribution in [3.05, 3.63) is 52.5 Å². The first kappa shape index (κ1) is 22.0. The van der Waals surface area contributed by atoms with E-state index in [0.717, 1.165) is 49.0 Å². The molecule has 0 spiro atoms. The number of ether oxygens (including phenoxy) is 1. The highest BCUT2D eigenvalue weighted by Gasteiger charge is 2.18. The van der Waals surface area contributed by atoms with Gasteiger partial charge in [0, 0.05) is 31.2 Å². The van der Waals surface area contributed by atoms with Gasteiger partial charge in [-0.05, 0) is 50.7 Å². The third-order valence-electron chi connectivity index (χ3n) is 6.12. The zero-order chi connectivity index (χ0) is 23.5. The van der Waals surface area contributed by atoms with Gasteiger partial charge in [-0.2, -0.15) is 5.10 Å². The van der Waals surface area contributed by atoms with Gasteiger partial charge < -0.3 is 14.6 Å². The maximum atomic E-state index is 12.8. The third-order valence-corrected chi connectivity index (χ3v) is 6.12. The number of hydrogen-bond donors (Lipinski definition) is 1. The van der Waals surface area contributed by atoms with Gasteiger partial charge in [-0.1, -0.05) is 0 Å². The number of carbonyl (C=O) groups excluding carboxylic acids is 1. The number of rotatable bonds is 0. The largest absolute Gasteiger partial charge is 0.492 e. The maximum absolute atomic E-state index is 12.8. The van der Waals surface area contributed by atoms with E-state index in [0.29, 0.717) is 31.6 Å². The molecule has 1 N–H and O–H groups in total. The van der Waals surface area contributed by atoms with Crippen LogP contribution in [-0.4, -0.2) is 48.4 Å². The topological polar surface area (TPSA) is 117 Å². The summed E-state index contributed by atoms with van der Waals surface area (Å²) < 4.78 is 9.75. The molecular formula is C24H27N7O3. The lowest BCUT2D eigenvalue weighted by atomic mass is 10.2. The summed E-state index contributed by atoms with van der Waals surface area (Å²) in [6.07, 6.45) is 11.0. The quantitative estimate of drug-likeness (QED) is 0.428. The van der Waals surface area contributed by atoms with Gasteiger partial charge in [-0.3, -0.25) is 14.3 Å². The number of nitrogens with one attached hydrogen (secondary N) is 1. The Kier molecular flexibility index (Phi) is 6.20. The molecule has 6 bridgehead atoms. The third kappa shape index (κ3) is 4.35. The lowest BCUT2D eigenvalue weighted by molar-refractivity contribution is 0.0944. The summed E-state index contributed by atoms with van der Waals surface area (Å²) in [4.78, 5) is 38.4. The highest BCUT2D eigenvalue weighted by Crippen LogP contribution is 2.24. The Morgan fingerprint density at radius 1 is 1.03 bits per heavy atom. The Bertz CT molecular complexity index is 1410. The summed E-state index contributed by atoms with van der Waals surface area (Å²) in [5.41, 5.74) is 2.29. The van der Waals surface area contributed by atoms with Crippen molar-refractivity contribution in [2.45, 2.75) is 52.1 Å². The molecule has 34 heavy (non-hydrogen) atoms. The molecule has 0 radical (unpaired) electrons. The molecule has 10 nitrogen and oxygen atoms in total. The average molecular weight is 462 g/mol. The van der Waals surface area contributed by atoms with Crippen LogP contribution in [0.15, 0.2) is 35.8 Å². The number of aryl methyl sites for hydroxylation is 3. The SMILES string of the molecule is Cc1cn2c3ncc(cc13)OCCCCNC(=O)c1nn(c3cncnc3c1=O)CCCCC2. The molecule has 10 heteroatoms. The second-order valence-corrected chi connectivity index (χ2v) is 8.58. The monoisotopic (exact) mass is 461 g/mol. The predicted octanol–water partition coefficient (Wildman–Crippen LogP) is 2.62. The summed E-state index contributed by atoms with van der Waals surface area (Å²) in [6, 6.07) is 2.05. The van der Waals surface area contributed by atoms with Crippen LogP contribution in [-0.2, 0) is 13.1 Å². The summed E-state index contributed by atoms with van der Waals surface area (Å²) in [5, 5.41) is 8.30. The number of carbonyl (C=O) groups is 1. The highest BCUT2D eigenvalue weighted by atomic mass is 16.5. The molecular weight excluding hydrogens is 434 g/mol. The van der Waals surface area contributed by atoms with Crippen molar-refractivity contribution in [3.8, 4) is 5.75 Å². The van der Waals surface area contributed by atoms with Crippen LogP contribution in [0.5, 0.6) is 5.75 Å². The lowest BCUT2D eigenvalue weighted by Crippen LogP contribution is -2.33.